The van der Waals surface area contributed by atoms with Crippen molar-refractivity contribution >= 4 is 22.8 Å². The molecule has 2 heterocycles. The van der Waals surface area contributed by atoms with E-state index in [9.17, 15) is 13.2 Å². The number of hydrogen-bond acceptors (Lipinski definition) is 5. The van der Waals surface area contributed by atoms with Gasteiger partial charge in [-0.15, -0.1) is 5.10 Å². The number of pyridine rings is 1. The average Bonchev–Trinajstić information content (AvgIpc) is 2.63. The summed E-state index contributed by atoms with van der Waals surface area (Å²) in [4.78, 5) is 4.17. The highest BCUT2D eigenvalue weighted by Gasteiger charge is 2.32. The zero-order chi connectivity index (χ0) is 20.5. The van der Waals surface area contributed by atoms with Crippen molar-refractivity contribution in [3.05, 3.63) is 59.9 Å². The summed E-state index contributed by atoms with van der Waals surface area (Å²) in [5, 5.41) is 11.9. The Morgan fingerprint density at radius 2 is 2.04 bits per heavy atom. The summed E-state index contributed by atoms with van der Waals surface area (Å²) in [6.07, 6.45) is -0.920. The first-order chi connectivity index (χ1) is 13.1. The van der Waals surface area contributed by atoms with E-state index in [0.29, 0.717) is 11.1 Å². The molecule has 3 rings (SSSR count). The van der Waals surface area contributed by atoms with E-state index in [-0.39, 0.29) is 11.6 Å². The van der Waals surface area contributed by atoms with Crippen molar-refractivity contribution in [1.82, 2.24) is 9.99 Å². The predicted octanol–water partition coefficient (Wildman–Crippen LogP) is 4.10. The molecule has 1 atom stereocenters. The summed E-state index contributed by atoms with van der Waals surface area (Å²) in [7, 11) is 0. The number of alkyl halides is 3. The zero-order valence-electron chi connectivity index (χ0n) is 14.5. The molecule has 10 heteroatoms. The largest absolute Gasteiger partial charge is 0.437 e. The lowest BCUT2D eigenvalue weighted by Crippen LogP contribution is -2.42. The molecule has 2 aromatic rings. The summed E-state index contributed by atoms with van der Waals surface area (Å²) in [5.74, 6) is -0.131. The molecule has 3 N–H and O–H groups in total. The van der Waals surface area contributed by atoms with Gasteiger partial charge in [0.2, 0.25) is 11.2 Å². The monoisotopic (exact) mass is 409 g/mol. The molecule has 0 aliphatic carbocycles. The number of nitrogens with one attached hydrogen (secondary N) is 1. The molecule has 1 aliphatic heterocycles. The van der Waals surface area contributed by atoms with Crippen LogP contribution in [-0.2, 0) is 6.18 Å². The van der Waals surface area contributed by atoms with Crippen molar-refractivity contribution < 1.29 is 17.9 Å². The van der Waals surface area contributed by atoms with Crippen molar-refractivity contribution in [2.75, 3.05) is 0 Å². The van der Waals surface area contributed by atoms with Crippen molar-refractivity contribution in [2.24, 2.45) is 10.8 Å². The minimum Gasteiger partial charge on any atom is -0.437 e. The third kappa shape index (κ3) is 4.32. The standard InChI is InChI=1S/C18H15ClF3N5O/c1-10-2-3-11(9-25-10)13-5-4-12(18(20,21)22)8-14(13)28-16-7-6-15(23)27(26-16)17(19)24/h2-9,15,24H,23H2,1H3. The number of hydrogen-bond donors (Lipinski definition) is 2. The predicted molar refractivity (Wildman–Crippen MR) is 100 cm³/mol. The van der Waals surface area contributed by atoms with Gasteiger partial charge in [-0.3, -0.25) is 10.4 Å². The molecule has 0 spiro atoms. The van der Waals surface area contributed by atoms with Crippen LogP contribution in [0.4, 0.5) is 13.2 Å². The molecule has 6 nitrogen and oxygen atoms in total. The van der Waals surface area contributed by atoms with Crippen LogP contribution in [-0.4, -0.2) is 27.4 Å². The molecule has 0 radical (unpaired) electrons. The van der Waals surface area contributed by atoms with E-state index in [1.54, 1.807) is 25.3 Å². The SMILES string of the molecule is Cc1ccc(-c2ccc(C(F)(F)F)cc2OC2=NN(C(=N)Cl)C(N)C=C2)cn1. The van der Waals surface area contributed by atoms with Crippen LogP contribution in [0.15, 0.2) is 53.8 Å². The Labute approximate surface area is 163 Å². The second kappa shape index (κ2) is 7.61. The van der Waals surface area contributed by atoms with Crippen LogP contribution in [0.3, 0.4) is 0 Å². The van der Waals surface area contributed by atoms with Gasteiger partial charge in [-0.1, -0.05) is 6.07 Å². The summed E-state index contributed by atoms with van der Waals surface area (Å²) in [5.41, 5.74) is 6.62. The third-order valence-electron chi connectivity index (χ3n) is 3.87. The van der Waals surface area contributed by atoms with Gasteiger partial charge in [-0.25, -0.2) is 5.01 Å². The smallest absolute Gasteiger partial charge is 0.416 e. The van der Waals surface area contributed by atoms with Gasteiger partial charge in [0, 0.05) is 29.1 Å². The number of halogens is 4. The van der Waals surface area contributed by atoms with Crippen LogP contribution >= 0.6 is 11.6 Å². The van der Waals surface area contributed by atoms with Crippen LogP contribution in [0, 0.1) is 12.3 Å². The Bertz CT molecular complexity index is 957. The van der Waals surface area contributed by atoms with Crippen molar-refractivity contribution in [3.8, 4) is 16.9 Å². The quantitative estimate of drug-likeness (QED) is 0.444. The number of benzene rings is 1. The van der Waals surface area contributed by atoms with Gasteiger partial charge in [-0.2, -0.15) is 13.2 Å². The molecule has 1 aromatic carbocycles. The van der Waals surface area contributed by atoms with Gasteiger partial charge < -0.3 is 10.5 Å². The highest BCUT2D eigenvalue weighted by atomic mass is 35.5. The van der Waals surface area contributed by atoms with Gasteiger partial charge in [0.1, 0.15) is 11.9 Å². The maximum Gasteiger partial charge on any atom is 0.416 e. The number of aromatic nitrogens is 1. The average molecular weight is 410 g/mol. The molecule has 0 bridgehead atoms. The Kier molecular flexibility index (Phi) is 5.39. The van der Waals surface area contributed by atoms with Crippen molar-refractivity contribution in [1.29, 1.82) is 5.41 Å². The summed E-state index contributed by atoms with van der Waals surface area (Å²) in [6.45, 7) is 1.80. The van der Waals surface area contributed by atoms with E-state index >= 15 is 0 Å². The molecule has 1 aliphatic rings. The van der Waals surface area contributed by atoms with E-state index in [0.717, 1.165) is 22.8 Å². The van der Waals surface area contributed by atoms with Crippen LogP contribution in [0.25, 0.3) is 11.1 Å². The molecule has 146 valence electrons. The minimum absolute atomic E-state index is 0.0623. The lowest BCUT2D eigenvalue weighted by Gasteiger charge is -2.25. The van der Waals surface area contributed by atoms with E-state index < -0.39 is 23.2 Å². The van der Waals surface area contributed by atoms with Crippen LogP contribution in [0.1, 0.15) is 11.3 Å². The molecule has 28 heavy (non-hydrogen) atoms. The molecule has 0 fully saturated rings. The fraction of sp³-hybridized carbons (Fsp3) is 0.167. The fourth-order valence-corrected chi connectivity index (χ4v) is 2.61. The molecular weight excluding hydrogens is 395 g/mol. The zero-order valence-corrected chi connectivity index (χ0v) is 15.3. The van der Waals surface area contributed by atoms with E-state index in [1.807, 2.05) is 0 Å². The van der Waals surface area contributed by atoms with Crippen LogP contribution in [0.5, 0.6) is 5.75 Å². The second-order valence-electron chi connectivity index (χ2n) is 5.92. The first kappa shape index (κ1) is 19.8. The fourth-order valence-electron chi connectivity index (χ4n) is 2.46. The summed E-state index contributed by atoms with van der Waals surface area (Å²) in [6, 6.07) is 6.63. The van der Waals surface area contributed by atoms with Crippen molar-refractivity contribution in [3.63, 3.8) is 0 Å². The third-order valence-corrected chi connectivity index (χ3v) is 4.04. The molecule has 0 saturated carbocycles. The number of rotatable bonds is 2. The number of amidine groups is 1. The van der Waals surface area contributed by atoms with Crippen LogP contribution < -0.4 is 10.5 Å². The lowest BCUT2D eigenvalue weighted by molar-refractivity contribution is -0.137. The molecule has 0 saturated heterocycles. The number of hydrazone groups is 1. The van der Waals surface area contributed by atoms with E-state index in [1.165, 1.54) is 18.2 Å². The highest BCUT2D eigenvalue weighted by Crippen LogP contribution is 2.37. The Hall–Kier alpha value is -2.91. The number of nitrogens with two attached hydrogens (primary N) is 1. The first-order valence-electron chi connectivity index (χ1n) is 8.03. The Morgan fingerprint density at radius 3 is 2.64 bits per heavy atom. The van der Waals surface area contributed by atoms with Gasteiger partial charge in [0.15, 0.2) is 0 Å². The topological polar surface area (TPSA) is 87.6 Å². The minimum atomic E-state index is -4.54. The lowest BCUT2D eigenvalue weighted by atomic mass is 10.0. The van der Waals surface area contributed by atoms with E-state index in [4.69, 9.17) is 27.5 Å². The van der Waals surface area contributed by atoms with Gasteiger partial charge in [0.05, 0.1) is 5.56 Å². The van der Waals surface area contributed by atoms with Crippen molar-refractivity contribution in [2.45, 2.75) is 19.3 Å². The highest BCUT2D eigenvalue weighted by molar-refractivity contribution is 6.63. The summed E-state index contributed by atoms with van der Waals surface area (Å²) >= 11 is 5.62. The van der Waals surface area contributed by atoms with Gasteiger partial charge >= 0.3 is 6.18 Å². The molecule has 0 amide bonds. The molecule has 1 aromatic heterocycles. The number of ether oxygens (including phenoxy) is 1. The first-order valence-corrected chi connectivity index (χ1v) is 8.41. The maximum absolute atomic E-state index is 13.2. The van der Waals surface area contributed by atoms with Crippen LogP contribution in [0.2, 0.25) is 0 Å². The number of nitrogens with zero attached hydrogens (tertiary/aromatic N) is 3. The maximum atomic E-state index is 13.2. The molecular formula is C18H15ClF3N5O. The summed E-state index contributed by atoms with van der Waals surface area (Å²) < 4.78 is 45.1. The van der Waals surface area contributed by atoms with Gasteiger partial charge in [0.25, 0.3) is 0 Å². The normalized spacial score (nSPS) is 16.7. The van der Waals surface area contributed by atoms with Gasteiger partial charge in [-0.05, 0) is 48.9 Å². The second-order valence-corrected chi connectivity index (χ2v) is 6.28. The Balaban J connectivity index is 2.04. The Morgan fingerprint density at radius 1 is 1.29 bits per heavy atom. The number of aryl methyl sites for hydroxylation is 1. The molecule has 1 unspecified atom stereocenters. The van der Waals surface area contributed by atoms with E-state index in [2.05, 4.69) is 10.1 Å².